The first-order valence-electron chi connectivity index (χ1n) is 7.14. The largest absolute Gasteiger partial charge is 0.444 e. The maximum Gasteiger partial charge on any atom is 0.287 e. The Kier molecular flexibility index (Phi) is 4.68. The minimum atomic E-state index is -0.237. The third kappa shape index (κ3) is 3.56. The van der Waals surface area contributed by atoms with Gasteiger partial charge in [-0.15, -0.1) is 11.3 Å². The van der Waals surface area contributed by atoms with E-state index in [-0.39, 0.29) is 17.7 Å². The van der Waals surface area contributed by atoms with Gasteiger partial charge < -0.3 is 9.73 Å². The van der Waals surface area contributed by atoms with Gasteiger partial charge in [-0.1, -0.05) is 6.07 Å². The summed E-state index contributed by atoms with van der Waals surface area (Å²) in [6, 6.07) is 9.40. The maximum absolute atomic E-state index is 12.2. The quantitative estimate of drug-likeness (QED) is 0.713. The normalized spacial score (nSPS) is 12.3. The van der Waals surface area contributed by atoms with Gasteiger partial charge in [-0.25, -0.2) is 0 Å². The van der Waals surface area contributed by atoms with Crippen molar-refractivity contribution < 1.29 is 9.21 Å². The molecule has 0 saturated heterocycles. The number of carbonyl (C=O) groups is 1. The van der Waals surface area contributed by atoms with Crippen molar-refractivity contribution in [2.24, 2.45) is 0 Å². The molecular formula is C16H16BrN3O2S. The van der Waals surface area contributed by atoms with Crippen LogP contribution in [0.1, 0.15) is 32.9 Å². The van der Waals surface area contributed by atoms with Crippen molar-refractivity contribution in [1.82, 2.24) is 15.1 Å². The first kappa shape index (κ1) is 16.0. The number of carbonyl (C=O) groups excluding carboxylic acids is 1. The van der Waals surface area contributed by atoms with Gasteiger partial charge in [0.25, 0.3) is 5.91 Å². The van der Waals surface area contributed by atoms with E-state index in [2.05, 4.69) is 32.4 Å². The molecule has 0 aromatic carbocycles. The van der Waals surface area contributed by atoms with Crippen molar-refractivity contribution in [3.8, 4) is 0 Å². The highest BCUT2D eigenvalue weighted by atomic mass is 79.9. The lowest BCUT2D eigenvalue weighted by Gasteiger charge is -2.18. The van der Waals surface area contributed by atoms with Crippen molar-refractivity contribution >= 4 is 33.2 Å². The molecule has 1 N–H and O–H groups in total. The average molecular weight is 394 g/mol. The first-order chi connectivity index (χ1) is 11.0. The third-order valence-electron chi connectivity index (χ3n) is 3.46. The highest BCUT2D eigenvalue weighted by molar-refractivity contribution is 9.10. The highest BCUT2D eigenvalue weighted by Crippen LogP contribution is 2.24. The number of nitrogens with zero attached hydrogens (tertiary/aromatic N) is 2. The Balaban J connectivity index is 1.80. The lowest BCUT2D eigenvalue weighted by atomic mass is 10.2. The van der Waals surface area contributed by atoms with Crippen molar-refractivity contribution in [2.45, 2.75) is 19.9 Å². The zero-order valence-electron chi connectivity index (χ0n) is 12.7. The molecule has 3 aromatic rings. The molecule has 120 valence electrons. The van der Waals surface area contributed by atoms with Crippen LogP contribution in [0.2, 0.25) is 0 Å². The van der Waals surface area contributed by atoms with Crippen LogP contribution in [0.4, 0.5) is 0 Å². The first-order valence-corrected chi connectivity index (χ1v) is 8.81. The number of aryl methyl sites for hydroxylation is 2. The van der Waals surface area contributed by atoms with E-state index < -0.39 is 0 Å². The number of rotatable bonds is 5. The van der Waals surface area contributed by atoms with Crippen LogP contribution in [0.3, 0.4) is 0 Å². The van der Waals surface area contributed by atoms with Crippen LogP contribution in [0, 0.1) is 13.8 Å². The van der Waals surface area contributed by atoms with E-state index in [4.69, 9.17) is 4.42 Å². The third-order valence-corrected chi connectivity index (χ3v) is 4.86. The average Bonchev–Trinajstić information content (AvgIpc) is 3.22. The van der Waals surface area contributed by atoms with Gasteiger partial charge in [0.1, 0.15) is 6.04 Å². The van der Waals surface area contributed by atoms with Gasteiger partial charge in [-0.3, -0.25) is 9.48 Å². The standard InChI is InChI=1S/C16H16BrN3O2S/c1-10-8-11(2)20(19-10)12(14-4-3-7-23-14)9-18-16(21)13-5-6-15(17)22-13/h3-8,12H,9H2,1-2H3,(H,18,21). The molecule has 1 unspecified atom stereocenters. The van der Waals surface area contributed by atoms with Gasteiger partial charge in [-0.2, -0.15) is 5.10 Å². The van der Waals surface area contributed by atoms with E-state index in [1.807, 2.05) is 36.0 Å². The fraction of sp³-hybridized carbons (Fsp3) is 0.250. The Morgan fingerprint density at radius 1 is 1.43 bits per heavy atom. The minimum Gasteiger partial charge on any atom is -0.444 e. The lowest BCUT2D eigenvalue weighted by Crippen LogP contribution is -2.31. The Bertz CT molecular complexity index is 807. The summed E-state index contributed by atoms with van der Waals surface area (Å²) in [5, 5.41) is 9.52. The van der Waals surface area contributed by atoms with Crippen LogP contribution in [0.5, 0.6) is 0 Å². The summed E-state index contributed by atoms with van der Waals surface area (Å²) in [6.45, 7) is 4.43. The number of hydrogen-bond donors (Lipinski definition) is 1. The smallest absolute Gasteiger partial charge is 0.287 e. The number of furan rings is 1. The molecular weight excluding hydrogens is 378 g/mol. The lowest BCUT2D eigenvalue weighted by molar-refractivity contribution is 0.0920. The molecule has 3 heterocycles. The second-order valence-corrected chi connectivity index (χ2v) is 6.98. The Hall–Kier alpha value is -1.86. The molecule has 0 radical (unpaired) electrons. The van der Waals surface area contributed by atoms with Crippen LogP contribution in [0.15, 0.2) is 44.8 Å². The predicted octanol–water partition coefficient (Wildman–Crippen LogP) is 3.94. The number of aromatic nitrogens is 2. The SMILES string of the molecule is Cc1cc(C)n(C(CNC(=O)c2ccc(Br)o2)c2cccs2)n1. The van der Waals surface area contributed by atoms with Gasteiger partial charge in [0, 0.05) is 17.1 Å². The topological polar surface area (TPSA) is 60.1 Å². The number of hydrogen-bond acceptors (Lipinski definition) is 4. The van der Waals surface area contributed by atoms with Gasteiger partial charge in [0.15, 0.2) is 10.4 Å². The molecule has 3 aromatic heterocycles. The van der Waals surface area contributed by atoms with Crippen LogP contribution in [-0.2, 0) is 0 Å². The monoisotopic (exact) mass is 393 g/mol. The number of halogens is 1. The number of thiophene rings is 1. The summed E-state index contributed by atoms with van der Waals surface area (Å²) in [5.74, 6) is 0.0500. The second kappa shape index (κ2) is 6.72. The van der Waals surface area contributed by atoms with Gasteiger partial charge in [0.05, 0.1) is 5.69 Å². The van der Waals surface area contributed by atoms with E-state index in [1.54, 1.807) is 23.5 Å². The summed E-state index contributed by atoms with van der Waals surface area (Å²) in [6.07, 6.45) is 0. The van der Waals surface area contributed by atoms with E-state index >= 15 is 0 Å². The molecule has 1 amide bonds. The number of amides is 1. The molecule has 7 heteroatoms. The fourth-order valence-electron chi connectivity index (χ4n) is 2.46. The highest BCUT2D eigenvalue weighted by Gasteiger charge is 2.20. The van der Waals surface area contributed by atoms with E-state index in [1.165, 1.54) is 0 Å². The van der Waals surface area contributed by atoms with Crippen LogP contribution < -0.4 is 5.32 Å². The second-order valence-electron chi connectivity index (χ2n) is 5.22. The summed E-state index contributed by atoms with van der Waals surface area (Å²) in [5.41, 5.74) is 2.03. The Labute approximate surface area is 146 Å². The fourth-order valence-corrected chi connectivity index (χ4v) is 3.58. The molecule has 1 atom stereocenters. The summed E-state index contributed by atoms with van der Waals surface area (Å²) < 4.78 is 7.78. The van der Waals surface area contributed by atoms with Crippen molar-refractivity contribution in [3.63, 3.8) is 0 Å². The predicted molar refractivity (Wildman–Crippen MR) is 92.9 cm³/mol. The van der Waals surface area contributed by atoms with Crippen molar-refractivity contribution in [2.75, 3.05) is 6.54 Å². The van der Waals surface area contributed by atoms with Crippen LogP contribution >= 0.6 is 27.3 Å². The zero-order chi connectivity index (χ0) is 16.4. The molecule has 0 aliphatic rings. The zero-order valence-corrected chi connectivity index (χ0v) is 15.1. The molecule has 0 aliphatic carbocycles. The Morgan fingerprint density at radius 2 is 2.26 bits per heavy atom. The number of nitrogens with one attached hydrogen (secondary N) is 1. The summed E-state index contributed by atoms with van der Waals surface area (Å²) >= 11 is 4.85. The molecule has 5 nitrogen and oxygen atoms in total. The summed E-state index contributed by atoms with van der Waals surface area (Å²) in [7, 11) is 0. The van der Waals surface area contributed by atoms with E-state index in [0.29, 0.717) is 11.2 Å². The van der Waals surface area contributed by atoms with Gasteiger partial charge >= 0.3 is 0 Å². The van der Waals surface area contributed by atoms with E-state index in [0.717, 1.165) is 16.3 Å². The van der Waals surface area contributed by atoms with Crippen LogP contribution in [0.25, 0.3) is 0 Å². The molecule has 0 aliphatic heterocycles. The molecule has 23 heavy (non-hydrogen) atoms. The Morgan fingerprint density at radius 3 is 2.83 bits per heavy atom. The molecule has 0 fully saturated rings. The van der Waals surface area contributed by atoms with Crippen molar-refractivity contribution in [1.29, 1.82) is 0 Å². The minimum absolute atomic E-state index is 0.0361. The summed E-state index contributed by atoms with van der Waals surface area (Å²) in [4.78, 5) is 13.4. The van der Waals surface area contributed by atoms with Crippen LogP contribution in [-0.4, -0.2) is 22.2 Å². The molecule has 0 spiro atoms. The van der Waals surface area contributed by atoms with Gasteiger partial charge in [0.2, 0.25) is 0 Å². The maximum atomic E-state index is 12.2. The van der Waals surface area contributed by atoms with Crippen molar-refractivity contribution in [3.05, 3.63) is 62.4 Å². The van der Waals surface area contributed by atoms with Gasteiger partial charge in [-0.05, 0) is 59.4 Å². The molecule has 3 rings (SSSR count). The molecule has 0 bridgehead atoms. The molecule has 0 saturated carbocycles. The van der Waals surface area contributed by atoms with E-state index in [9.17, 15) is 4.79 Å².